The van der Waals surface area contributed by atoms with Gasteiger partial charge in [0.25, 0.3) is 0 Å². The molecule has 0 saturated heterocycles. The van der Waals surface area contributed by atoms with E-state index < -0.39 is 41.6 Å². The Hall–Kier alpha value is -3.10. The molecule has 0 aliphatic carbocycles. The van der Waals surface area contributed by atoms with E-state index in [-0.39, 0.29) is 25.6 Å². The summed E-state index contributed by atoms with van der Waals surface area (Å²) in [7, 11) is 0. The van der Waals surface area contributed by atoms with Crippen LogP contribution in [0, 0.1) is 13.8 Å². The molecule has 0 saturated carbocycles. The van der Waals surface area contributed by atoms with Crippen molar-refractivity contribution in [3.05, 3.63) is 34.9 Å². The minimum atomic E-state index is -0.966. The molecule has 0 aliphatic rings. The lowest BCUT2D eigenvalue weighted by molar-refractivity contribution is -0.145. The molecule has 0 fully saturated rings. The fourth-order valence-corrected chi connectivity index (χ4v) is 3.44. The number of alkyl carbamates (subject to hydrolysis) is 1. The number of amides is 3. The molecule has 0 aromatic heterocycles. The predicted molar refractivity (Wildman–Crippen MR) is 134 cm³/mol. The van der Waals surface area contributed by atoms with Crippen molar-refractivity contribution in [2.75, 3.05) is 13.2 Å². The Kier molecular flexibility index (Phi) is 11.2. The van der Waals surface area contributed by atoms with Gasteiger partial charge in [0.2, 0.25) is 11.8 Å². The van der Waals surface area contributed by atoms with Gasteiger partial charge in [-0.1, -0.05) is 18.2 Å². The Bertz CT molecular complexity index is 907. The van der Waals surface area contributed by atoms with Crippen LogP contribution in [0.4, 0.5) is 4.79 Å². The van der Waals surface area contributed by atoms with E-state index in [1.807, 2.05) is 32.0 Å². The molecule has 35 heavy (non-hydrogen) atoms. The molecule has 2 atom stereocenters. The van der Waals surface area contributed by atoms with E-state index in [2.05, 4.69) is 10.6 Å². The molecule has 1 aromatic rings. The van der Waals surface area contributed by atoms with Crippen LogP contribution in [0.2, 0.25) is 0 Å². The van der Waals surface area contributed by atoms with Crippen LogP contribution >= 0.6 is 0 Å². The maximum Gasteiger partial charge on any atom is 0.408 e. The SMILES string of the molecule is CCOC(=O)CCNC(=O)C(c1ccc(C)c(C)c1)N(C(=O)C(C)NC(=O)OC(C)(C)C)C(C)C. The van der Waals surface area contributed by atoms with E-state index in [0.29, 0.717) is 5.56 Å². The zero-order valence-electron chi connectivity index (χ0n) is 22.5. The van der Waals surface area contributed by atoms with Crippen LogP contribution in [0.1, 0.15) is 77.6 Å². The minimum absolute atomic E-state index is 0.0193. The molecular weight excluding hydrogens is 450 g/mol. The van der Waals surface area contributed by atoms with Crippen LogP contribution in [0.3, 0.4) is 0 Å². The molecule has 0 radical (unpaired) electrons. The van der Waals surface area contributed by atoms with Gasteiger partial charge in [0, 0.05) is 12.6 Å². The molecule has 0 spiro atoms. The van der Waals surface area contributed by atoms with Gasteiger partial charge in [0.1, 0.15) is 17.7 Å². The standard InChI is InChI=1S/C26H41N3O6/c1-10-34-21(30)13-14-27-23(31)22(20-12-11-17(4)18(5)15-20)29(16(2)3)24(32)19(6)28-25(33)35-26(7,8)9/h11-12,15-16,19,22H,10,13-14H2,1-9H3,(H,27,31)(H,28,33). The van der Waals surface area contributed by atoms with Crippen molar-refractivity contribution >= 4 is 23.9 Å². The molecule has 1 rings (SSSR count). The Morgan fingerprint density at radius 2 is 1.66 bits per heavy atom. The molecule has 1 aromatic carbocycles. The number of carbonyl (C=O) groups is 4. The van der Waals surface area contributed by atoms with Crippen LogP contribution in [0.5, 0.6) is 0 Å². The van der Waals surface area contributed by atoms with Gasteiger partial charge in [-0.2, -0.15) is 0 Å². The second kappa shape index (κ2) is 13.1. The minimum Gasteiger partial charge on any atom is -0.466 e. The van der Waals surface area contributed by atoms with Crippen molar-refractivity contribution in [2.45, 2.75) is 92.5 Å². The van der Waals surface area contributed by atoms with Gasteiger partial charge >= 0.3 is 12.1 Å². The number of hydrogen-bond donors (Lipinski definition) is 2. The van der Waals surface area contributed by atoms with Crippen LogP contribution in [-0.4, -0.2) is 59.6 Å². The summed E-state index contributed by atoms with van der Waals surface area (Å²) in [6, 6.07) is 3.31. The first-order valence-corrected chi connectivity index (χ1v) is 12.0. The van der Waals surface area contributed by atoms with Gasteiger partial charge in [-0.25, -0.2) is 4.79 Å². The number of esters is 1. The summed E-state index contributed by atoms with van der Waals surface area (Å²) in [6.45, 7) is 16.3. The first-order chi connectivity index (χ1) is 16.2. The topological polar surface area (TPSA) is 114 Å². The summed E-state index contributed by atoms with van der Waals surface area (Å²) in [5.41, 5.74) is 1.94. The third-order valence-electron chi connectivity index (χ3n) is 5.22. The Labute approximate surface area is 208 Å². The van der Waals surface area contributed by atoms with Crippen LogP contribution in [0.15, 0.2) is 18.2 Å². The highest BCUT2D eigenvalue weighted by molar-refractivity contribution is 5.92. The summed E-state index contributed by atoms with van der Waals surface area (Å²) < 4.78 is 10.2. The number of ether oxygens (including phenoxy) is 2. The normalized spacial score (nSPS) is 13.0. The zero-order valence-corrected chi connectivity index (χ0v) is 22.5. The van der Waals surface area contributed by atoms with Crippen molar-refractivity contribution in [1.82, 2.24) is 15.5 Å². The molecule has 196 valence electrons. The molecule has 0 aliphatic heterocycles. The second-order valence-corrected chi connectivity index (χ2v) is 9.80. The number of rotatable bonds is 10. The molecule has 9 heteroatoms. The average molecular weight is 492 g/mol. The number of carbonyl (C=O) groups excluding carboxylic acids is 4. The van der Waals surface area contributed by atoms with Crippen LogP contribution in [0.25, 0.3) is 0 Å². The van der Waals surface area contributed by atoms with Gasteiger partial charge in [0.15, 0.2) is 0 Å². The van der Waals surface area contributed by atoms with Gasteiger partial charge in [-0.15, -0.1) is 0 Å². The maximum atomic E-state index is 13.5. The average Bonchev–Trinajstić information content (AvgIpc) is 2.71. The van der Waals surface area contributed by atoms with E-state index in [0.717, 1.165) is 11.1 Å². The van der Waals surface area contributed by atoms with E-state index in [1.54, 1.807) is 48.5 Å². The van der Waals surface area contributed by atoms with Gasteiger partial charge < -0.3 is 25.0 Å². The molecule has 3 amide bonds. The lowest BCUT2D eigenvalue weighted by Gasteiger charge is -2.36. The third kappa shape index (κ3) is 9.58. The zero-order chi connectivity index (χ0) is 26.9. The van der Waals surface area contributed by atoms with Crippen molar-refractivity contribution in [2.24, 2.45) is 0 Å². The molecule has 2 unspecified atom stereocenters. The van der Waals surface area contributed by atoms with Crippen molar-refractivity contribution in [3.63, 3.8) is 0 Å². The fraction of sp³-hybridized carbons (Fsp3) is 0.615. The summed E-state index contributed by atoms with van der Waals surface area (Å²) in [5, 5.41) is 5.32. The highest BCUT2D eigenvalue weighted by atomic mass is 16.6. The lowest BCUT2D eigenvalue weighted by Crippen LogP contribution is -2.54. The largest absolute Gasteiger partial charge is 0.466 e. The number of nitrogens with zero attached hydrogens (tertiary/aromatic N) is 1. The monoisotopic (exact) mass is 491 g/mol. The molecule has 9 nitrogen and oxygen atoms in total. The number of hydrogen-bond acceptors (Lipinski definition) is 6. The van der Waals surface area contributed by atoms with E-state index in [9.17, 15) is 19.2 Å². The Morgan fingerprint density at radius 3 is 2.17 bits per heavy atom. The highest BCUT2D eigenvalue weighted by Gasteiger charge is 2.36. The van der Waals surface area contributed by atoms with Crippen LogP contribution < -0.4 is 10.6 Å². The Balaban J connectivity index is 3.25. The molecular formula is C26H41N3O6. The van der Waals surface area contributed by atoms with Crippen molar-refractivity contribution in [3.8, 4) is 0 Å². The summed E-state index contributed by atoms with van der Waals surface area (Å²) in [5.74, 6) is -1.28. The van der Waals surface area contributed by atoms with Crippen LogP contribution in [-0.2, 0) is 23.9 Å². The van der Waals surface area contributed by atoms with E-state index >= 15 is 0 Å². The summed E-state index contributed by atoms with van der Waals surface area (Å²) in [6.07, 6.45) is -0.700. The van der Waals surface area contributed by atoms with Crippen molar-refractivity contribution < 1.29 is 28.7 Å². The van der Waals surface area contributed by atoms with Gasteiger partial charge in [0.05, 0.1) is 13.0 Å². The Morgan fingerprint density at radius 1 is 1.03 bits per heavy atom. The fourth-order valence-electron chi connectivity index (χ4n) is 3.44. The maximum absolute atomic E-state index is 13.5. The quantitative estimate of drug-likeness (QED) is 0.484. The van der Waals surface area contributed by atoms with E-state index in [4.69, 9.17) is 9.47 Å². The predicted octanol–water partition coefficient (Wildman–Crippen LogP) is 3.56. The van der Waals surface area contributed by atoms with Gasteiger partial charge in [-0.05, 0) is 79.0 Å². The van der Waals surface area contributed by atoms with Crippen molar-refractivity contribution in [1.29, 1.82) is 0 Å². The first kappa shape index (κ1) is 29.9. The number of aryl methyl sites for hydroxylation is 2. The number of benzene rings is 1. The highest BCUT2D eigenvalue weighted by Crippen LogP contribution is 2.26. The summed E-state index contributed by atoms with van der Waals surface area (Å²) in [4.78, 5) is 52.3. The summed E-state index contributed by atoms with van der Waals surface area (Å²) >= 11 is 0. The molecule has 2 N–H and O–H groups in total. The third-order valence-corrected chi connectivity index (χ3v) is 5.22. The smallest absolute Gasteiger partial charge is 0.408 e. The second-order valence-electron chi connectivity index (χ2n) is 9.80. The first-order valence-electron chi connectivity index (χ1n) is 12.0. The van der Waals surface area contributed by atoms with Gasteiger partial charge in [-0.3, -0.25) is 14.4 Å². The number of nitrogens with one attached hydrogen (secondary N) is 2. The lowest BCUT2D eigenvalue weighted by atomic mass is 9.97. The molecule has 0 bridgehead atoms. The van der Waals surface area contributed by atoms with E-state index in [1.165, 1.54) is 4.90 Å². The molecule has 0 heterocycles.